The van der Waals surface area contributed by atoms with Gasteiger partial charge in [-0.25, -0.2) is 0 Å². The van der Waals surface area contributed by atoms with E-state index in [0.29, 0.717) is 0 Å². The molecule has 5 rings (SSSR count). The molecule has 1 heterocycles. The van der Waals surface area contributed by atoms with E-state index in [0.717, 1.165) is 28.9 Å². The van der Waals surface area contributed by atoms with Crippen molar-refractivity contribution < 1.29 is 5.11 Å². The Hall–Kier alpha value is -3.85. The maximum atomic E-state index is 9.69. The average Bonchev–Trinajstić information content (AvgIpc) is 3.26. The van der Waals surface area contributed by atoms with Gasteiger partial charge in [-0.2, -0.15) is 5.10 Å². The maximum absolute atomic E-state index is 9.69. The molecule has 0 spiro atoms. The van der Waals surface area contributed by atoms with Crippen molar-refractivity contribution in [3.63, 3.8) is 0 Å². The van der Waals surface area contributed by atoms with Crippen LogP contribution in [0.3, 0.4) is 0 Å². The number of nitrogens with zero attached hydrogens (tertiary/aromatic N) is 2. The summed E-state index contributed by atoms with van der Waals surface area (Å²) < 4.78 is 0. The van der Waals surface area contributed by atoms with E-state index in [4.69, 9.17) is 5.10 Å². The Bertz CT molecular complexity index is 1150. The highest BCUT2D eigenvalue weighted by atomic mass is 16.3. The zero-order chi connectivity index (χ0) is 20.3. The molecule has 3 heteroatoms. The van der Waals surface area contributed by atoms with Crippen LogP contribution in [0.5, 0.6) is 5.75 Å². The van der Waals surface area contributed by atoms with Gasteiger partial charge in [-0.1, -0.05) is 84.9 Å². The van der Waals surface area contributed by atoms with Gasteiger partial charge < -0.3 is 5.11 Å². The summed E-state index contributed by atoms with van der Waals surface area (Å²) in [4.78, 5) is 0. The zero-order valence-electron chi connectivity index (χ0n) is 16.5. The number of hydrogen-bond donors (Lipinski definition) is 1. The maximum Gasteiger partial charge on any atom is 0.115 e. The molecule has 0 saturated carbocycles. The van der Waals surface area contributed by atoms with Crippen molar-refractivity contribution in [2.45, 2.75) is 12.5 Å². The highest BCUT2D eigenvalue weighted by Gasteiger charge is 2.29. The van der Waals surface area contributed by atoms with Crippen LogP contribution in [0.2, 0.25) is 0 Å². The molecule has 0 bridgehead atoms. The van der Waals surface area contributed by atoms with Crippen LogP contribution in [0.25, 0.3) is 11.1 Å². The summed E-state index contributed by atoms with van der Waals surface area (Å²) in [7, 11) is 0. The number of anilines is 1. The van der Waals surface area contributed by atoms with Crippen molar-refractivity contribution in [1.82, 2.24) is 0 Å². The van der Waals surface area contributed by atoms with Crippen molar-refractivity contribution in [3.05, 3.63) is 120 Å². The van der Waals surface area contributed by atoms with E-state index in [1.165, 1.54) is 11.1 Å². The molecule has 0 aromatic heterocycles. The number of para-hydroxylation sites is 1. The van der Waals surface area contributed by atoms with E-state index in [1.807, 2.05) is 36.4 Å². The van der Waals surface area contributed by atoms with Gasteiger partial charge >= 0.3 is 0 Å². The molecule has 0 saturated heterocycles. The molecule has 4 aromatic carbocycles. The van der Waals surface area contributed by atoms with E-state index in [2.05, 4.69) is 65.7 Å². The summed E-state index contributed by atoms with van der Waals surface area (Å²) >= 11 is 0. The van der Waals surface area contributed by atoms with Crippen LogP contribution in [0, 0.1) is 0 Å². The number of phenols is 1. The first-order valence-electron chi connectivity index (χ1n) is 10.1. The molecule has 1 aliphatic rings. The summed E-state index contributed by atoms with van der Waals surface area (Å²) in [6.45, 7) is 0. The lowest BCUT2D eigenvalue weighted by molar-refractivity contribution is 0.475. The first kappa shape index (κ1) is 18.2. The fourth-order valence-electron chi connectivity index (χ4n) is 3.95. The van der Waals surface area contributed by atoms with E-state index >= 15 is 0 Å². The molecular formula is C27H22N2O. The molecule has 4 aromatic rings. The first-order chi connectivity index (χ1) is 14.8. The molecule has 1 atom stereocenters. The van der Waals surface area contributed by atoms with Crippen molar-refractivity contribution in [2.75, 3.05) is 5.01 Å². The quantitative estimate of drug-likeness (QED) is 0.437. The molecule has 0 aliphatic carbocycles. The van der Waals surface area contributed by atoms with E-state index < -0.39 is 0 Å². The summed E-state index contributed by atoms with van der Waals surface area (Å²) in [5.74, 6) is 0.278. The Labute approximate surface area is 176 Å². The molecule has 1 aliphatic heterocycles. The minimum atomic E-state index is 0.0943. The lowest BCUT2D eigenvalue weighted by Gasteiger charge is -2.24. The number of hydrogen-bond acceptors (Lipinski definition) is 3. The fourth-order valence-corrected chi connectivity index (χ4v) is 3.95. The van der Waals surface area contributed by atoms with Crippen LogP contribution >= 0.6 is 0 Å². The average molecular weight is 390 g/mol. The second kappa shape index (κ2) is 7.88. The zero-order valence-corrected chi connectivity index (χ0v) is 16.5. The van der Waals surface area contributed by atoms with Crippen LogP contribution in [-0.4, -0.2) is 10.8 Å². The van der Waals surface area contributed by atoms with Crippen LogP contribution < -0.4 is 5.01 Å². The largest absolute Gasteiger partial charge is 0.508 e. The standard InChI is InChI=1S/C27H22N2O/c30-25-17-15-23(16-18-25)27-19-26(28-29(27)24-9-5-2-6-10-24)22-13-11-21(12-14-22)20-7-3-1-4-8-20/h1-18,27,30H,19H2. The Kier molecular flexibility index (Phi) is 4.78. The smallest absolute Gasteiger partial charge is 0.115 e. The van der Waals surface area contributed by atoms with Gasteiger partial charge in [0.15, 0.2) is 0 Å². The number of benzene rings is 4. The van der Waals surface area contributed by atoms with Crippen molar-refractivity contribution in [3.8, 4) is 16.9 Å². The van der Waals surface area contributed by atoms with Gasteiger partial charge in [0.2, 0.25) is 0 Å². The lowest BCUT2D eigenvalue weighted by atomic mass is 9.96. The van der Waals surface area contributed by atoms with E-state index in [-0.39, 0.29) is 11.8 Å². The van der Waals surface area contributed by atoms with Gasteiger partial charge in [-0.15, -0.1) is 0 Å². The van der Waals surface area contributed by atoms with Crippen LogP contribution in [-0.2, 0) is 0 Å². The minimum Gasteiger partial charge on any atom is -0.508 e. The van der Waals surface area contributed by atoms with Gasteiger partial charge in [0.25, 0.3) is 0 Å². The Balaban J connectivity index is 1.48. The predicted molar refractivity (Wildman–Crippen MR) is 123 cm³/mol. The second-order valence-electron chi connectivity index (χ2n) is 7.48. The summed E-state index contributed by atoms with van der Waals surface area (Å²) in [5, 5.41) is 16.8. The third-order valence-electron chi connectivity index (χ3n) is 5.53. The summed E-state index contributed by atoms with van der Waals surface area (Å²) in [6, 6.07) is 36.8. The van der Waals surface area contributed by atoms with E-state index in [1.54, 1.807) is 12.1 Å². The molecule has 1 unspecified atom stereocenters. The SMILES string of the molecule is Oc1ccc(C2CC(c3ccc(-c4ccccc4)cc3)=NN2c2ccccc2)cc1. The van der Waals surface area contributed by atoms with Gasteiger partial charge in [0.1, 0.15) is 5.75 Å². The Morgan fingerprint density at radius 2 is 1.20 bits per heavy atom. The summed E-state index contributed by atoms with van der Waals surface area (Å²) in [5.41, 5.74) is 6.81. The van der Waals surface area contributed by atoms with Gasteiger partial charge in [0, 0.05) is 6.42 Å². The molecule has 0 fully saturated rings. The van der Waals surface area contributed by atoms with Gasteiger partial charge in [-0.05, 0) is 46.5 Å². The first-order valence-corrected chi connectivity index (χ1v) is 10.1. The molecule has 1 N–H and O–H groups in total. The number of phenolic OH excluding ortho intramolecular Hbond substituents is 1. The van der Waals surface area contributed by atoms with Crippen LogP contribution in [0.15, 0.2) is 114 Å². The van der Waals surface area contributed by atoms with E-state index in [9.17, 15) is 5.11 Å². The minimum absolute atomic E-state index is 0.0943. The molecular weight excluding hydrogens is 368 g/mol. The monoisotopic (exact) mass is 390 g/mol. The fraction of sp³-hybridized carbons (Fsp3) is 0.0741. The van der Waals surface area contributed by atoms with Crippen LogP contribution in [0.1, 0.15) is 23.6 Å². The number of rotatable bonds is 4. The molecule has 0 radical (unpaired) electrons. The third-order valence-corrected chi connectivity index (χ3v) is 5.53. The van der Waals surface area contributed by atoms with Gasteiger partial charge in [0.05, 0.1) is 17.4 Å². The second-order valence-corrected chi connectivity index (χ2v) is 7.48. The third kappa shape index (κ3) is 3.58. The van der Waals surface area contributed by atoms with Gasteiger partial charge in [-0.3, -0.25) is 5.01 Å². The number of aromatic hydroxyl groups is 1. The lowest BCUT2D eigenvalue weighted by Crippen LogP contribution is -2.18. The van der Waals surface area contributed by atoms with Crippen molar-refractivity contribution in [1.29, 1.82) is 0 Å². The molecule has 146 valence electrons. The highest BCUT2D eigenvalue weighted by Crippen LogP contribution is 2.37. The topological polar surface area (TPSA) is 35.8 Å². The van der Waals surface area contributed by atoms with Crippen molar-refractivity contribution in [2.24, 2.45) is 5.10 Å². The Morgan fingerprint density at radius 1 is 0.633 bits per heavy atom. The van der Waals surface area contributed by atoms with Crippen molar-refractivity contribution >= 4 is 11.4 Å². The summed E-state index contributed by atoms with van der Waals surface area (Å²) in [6.07, 6.45) is 0.810. The molecule has 3 nitrogen and oxygen atoms in total. The molecule has 30 heavy (non-hydrogen) atoms. The number of hydrazone groups is 1. The normalized spacial score (nSPS) is 15.8. The highest BCUT2D eigenvalue weighted by molar-refractivity contribution is 6.03. The Morgan fingerprint density at radius 3 is 1.87 bits per heavy atom. The molecule has 0 amide bonds. The van der Waals surface area contributed by atoms with Crippen LogP contribution in [0.4, 0.5) is 5.69 Å². The predicted octanol–water partition coefficient (Wildman–Crippen LogP) is 6.41.